The average Bonchev–Trinajstić information content (AvgIpc) is 2.33. The van der Waals surface area contributed by atoms with E-state index < -0.39 is 0 Å². The van der Waals surface area contributed by atoms with Gasteiger partial charge in [-0.15, -0.1) is 0 Å². The Bertz CT molecular complexity index is 587. The van der Waals surface area contributed by atoms with E-state index in [0.29, 0.717) is 23.4 Å². The first-order valence-electron chi connectivity index (χ1n) is 5.95. The second-order valence-corrected chi connectivity index (χ2v) is 4.76. The lowest BCUT2D eigenvalue weighted by atomic mass is 10.1. The highest BCUT2D eigenvalue weighted by Gasteiger charge is 2.05. The summed E-state index contributed by atoms with van der Waals surface area (Å²) in [6.07, 6.45) is 0. The molecule has 0 aliphatic carbocycles. The zero-order valence-electron chi connectivity index (χ0n) is 11.2. The van der Waals surface area contributed by atoms with E-state index in [-0.39, 0.29) is 0 Å². The highest BCUT2D eigenvalue weighted by Crippen LogP contribution is 2.22. The van der Waals surface area contributed by atoms with Crippen LogP contribution >= 0.6 is 11.6 Å². The highest BCUT2D eigenvalue weighted by molar-refractivity contribution is 6.29. The zero-order chi connectivity index (χ0) is 13.8. The second kappa shape index (κ2) is 5.99. The topological polar surface area (TPSA) is 47.0 Å². The number of hydrogen-bond donors (Lipinski definition) is 1. The van der Waals surface area contributed by atoms with Crippen LogP contribution in [-0.4, -0.2) is 17.1 Å². The maximum atomic E-state index is 5.98. The number of anilines is 2. The fourth-order valence-electron chi connectivity index (χ4n) is 1.73. The Hall–Kier alpha value is -1.65. The summed E-state index contributed by atoms with van der Waals surface area (Å²) in [5.74, 6) is 1.23. The maximum absolute atomic E-state index is 5.98. The van der Waals surface area contributed by atoms with Gasteiger partial charge in [-0.1, -0.05) is 23.7 Å². The van der Waals surface area contributed by atoms with Crippen LogP contribution < -0.4 is 5.32 Å². The number of nitrogens with zero attached hydrogens (tertiary/aromatic N) is 2. The van der Waals surface area contributed by atoms with Crippen LogP contribution in [0.25, 0.3) is 0 Å². The van der Waals surface area contributed by atoms with Crippen LogP contribution in [0.2, 0.25) is 5.15 Å². The van der Waals surface area contributed by atoms with Crippen LogP contribution in [0, 0.1) is 13.8 Å². The number of aryl methyl sites for hydroxylation is 2. The number of nitrogens with one attached hydrogen (secondary N) is 1. The summed E-state index contributed by atoms with van der Waals surface area (Å²) in [5, 5.41) is 3.66. The molecule has 0 saturated carbocycles. The van der Waals surface area contributed by atoms with E-state index in [4.69, 9.17) is 16.3 Å². The number of ether oxygens (including phenoxy) is 1. The Morgan fingerprint density at radius 3 is 2.74 bits per heavy atom. The summed E-state index contributed by atoms with van der Waals surface area (Å²) in [4.78, 5) is 8.45. The lowest BCUT2D eigenvalue weighted by Gasteiger charge is -2.11. The van der Waals surface area contributed by atoms with E-state index in [2.05, 4.69) is 33.5 Å². The molecule has 0 bridgehead atoms. The zero-order valence-corrected chi connectivity index (χ0v) is 12.0. The van der Waals surface area contributed by atoms with Crippen LogP contribution in [0.15, 0.2) is 24.3 Å². The number of benzene rings is 1. The monoisotopic (exact) mass is 277 g/mol. The van der Waals surface area contributed by atoms with Gasteiger partial charge in [0.2, 0.25) is 0 Å². The van der Waals surface area contributed by atoms with E-state index in [0.717, 1.165) is 11.3 Å². The molecule has 1 N–H and O–H groups in total. The van der Waals surface area contributed by atoms with Gasteiger partial charge >= 0.3 is 0 Å². The minimum atomic E-state index is 0.335. The van der Waals surface area contributed by atoms with Crippen LogP contribution in [0.3, 0.4) is 0 Å². The predicted octanol–water partition coefficient (Wildman–Crippen LogP) is 3.64. The standard InChI is InChI=1S/C14H16ClN3O/c1-9-4-5-10(2)11(6-9)16-13-7-12(15)17-14(18-13)8-19-3/h4-7H,8H2,1-3H3,(H,16,17,18). The molecular weight excluding hydrogens is 262 g/mol. The van der Waals surface area contributed by atoms with Crippen molar-refractivity contribution in [3.05, 3.63) is 46.4 Å². The van der Waals surface area contributed by atoms with Gasteiger partial charge in [0.25, 0.3) is 0 Å². The number of methoxy groups -OCH3 is 1. The van der Waals surface area contributed by atoms with Crippen molar-refractivity contribution in [2.24, 2.45) is 0 Å². The van der Waals surface area contributed by atoms with Gasteiger partial charge in [-0.3, -0.25) is 0 Å². The number of hydrogen-bond acceptors (Lipinski definition) is 4. The van der Waals surface area contributed by atoms with Gasteiger partial charge < -0.3 is 10.1 Å². The van der Waals surface area contributed by atoms with Crippen LogP contribution in [0.4, 0.5) is 11.5 Å². The third-order valence-electron chi connectivity index (χ3n) is 2.67. The van der Waals surface area contributed by atoms with Gasteiger partial charge in [0, 0.05) is 18.9 Å². The van der Waals surface area contributed by atoms with E-state index >= 15 is 0 Å². The predicted molar refractivity (Wildman–Crippen MR) is 77.0 cm³/mol. The minimum absolute atomic E-state index is 0.335. The van der Waals surface area contributed by atoms with Crippen molar-refractivity contribution in [1.29, 1.82) is 0 Å². The Balaban J connectivity index is 2.29. The lowest BCUT2D eigenvalue weighted by molar-refractivity contribution is 0.178. The molecule has 0 amide bonds. The molecule has 2 rings (SSSR count). The summed E-state index contributed by atoms with van der Waals surface area (Å²) in [6, 6.07) is 7.91. The molecular formula is C14H16ClN3O. The maximum Gasteiger partial charge on any atom is 0.158 e. The van der Waals surface area contributed by atoms with Gasteiger partial charge in [-0.25, -0.2) is 9.97 Å². The normalized spacial score (nSPS) is 10.5. The van der Waals surface area contributed by atoms with Gasteiger partial charge in [0.1, 0.15) is 17.6 Å². The quantitative estimate of drug-likeness (QED) is 0.867. The van der Waals surface area contributed by atoms with Gasteiger partial charge in [-0.2, -0.15) is 0 Å². The molecule has 0 atom stereocenters. The summed E-state index contributed by atoms with van der Waals surface area (Å²) in [5.41, 5.74) is 3.34. The van der Waals surface area contributed by atoms with Crippen molar-refractivity contribution in [3.8, 4) is 0 Å². The first-order chi connectivity index (χ1) is 9.08. The fourth-order valence-corrected chi connectivity index (χ4v) is 1.93. The van der Waals surface area contributed by atoms with Gasteiger partial charge in [0.15, 0.2) is 5.82 Å². The van der Waals surface area contributed by atoms with Crippen LogP contribution in [0.1, 0.15) is 17.0 Å². The summed E-state index contributed by atoms with van der Waals surface area (Å²) in [7, 11) is 1.60. The molecule has 0 spiro atoms. The molecule has 5 heteroatoms. The van der Waals surface area contributed by atoms with Crippen molar-refractivity contribution >= 4 is 23.1 Å². The summed E-state index contributed by atoms with van der Waals surface area (Å²) in [6.45, 7) is 4.43. The first kappa shape index (κ1) is 13.8. The molecule has 19 heavy (non-hydrogen) atoms. The molecule has 100 valence electrons. The number of aromatic nitrogens is 2. The second-order valence-electron chi connectivity index (χ2n) is 4.37. The largest absolute Gasteiger partial charge is 0.377 e. The van der Waals surface area contributed by atoms with E-state index in [1.54, 1.807) is 13.2 Å². The van der Waals surface area contributed by atoms with Crippen LogP contribution in [-0.2, 0) is 11.3 Å². The minimum Gasteiger partial charge on any atom is -0.377 e. The lowest BCUT2D eigenvalue weighted by Crippen LogP contribution is -2.02. The molecule has 0 aliphatic rings. The van der Waals surface area contributed by atoms with E-state index in [1.807, 2.05) is 13.8 Å². The van der Waals surface area contributed by atoms with Gasteiger partial charge in [0.05, 0.1) is 0 Å². The van der Waals surface area contributed by atoms with Crippen LogP contribution in [0.5, 0.6) is 0 Å². The summed E-state index contributed by atoms with van der Waals surface area (Å²) < 4.78 is 5.02. The summed E-state index contributed by atoms with van der Waals surface area (Å²) >= 11 is 5.98. The molecule has 1 aromatic heterocycles. The first-order valence-corrected chi connectivity index (χ1v) is 6.33. The van der Waals surface area contributed by atoms with Crippen molar-refractivity contribution in [3.63, 3.8) is 0 Å². The molecule has 0 saturated heterocycles. The fraction of sp³-hybridized carbons (Fsp3) is 0.286. The third-order valence-corrected chi connectivity index (χ3v) is 2.86. The Kier molecular flexibility index (Phi) is 4.35. The number of rotatable bonds is 4. The third kappa shape index (κ3) is 3.66. The van der Waals surface area contributed by atoms with E-state index in [9.17, 15) is 0 Å². The molecule has 0 fully saturated rings. The Labute approximate surface area is 117 Å². The van der Waals surface area contributed by atoms with Crippen molar-refractivity contribution in [2.75, 3.05) is 12.4 Å². The van der Waals surface area contributed by atoms with Crippen molar-refractivity contribution < 1.29 is 4.74 Å². The molecule has 2 aromatic rings. The van der Waals surface area contributed by atoms with Crippen molar-refractivity contribution in [2.45, 2.75) is 20.5 Å². The molecule has 1 heterocycles. The average molecular weight is 278 g/mol. The Morgan fingerprint density at radius 2 is 2.00 bits per heavy atom. The SMILES string of the molecule is COCc1nc(Cl)cc(Nc2cc(C)ccc2C)n1. The molecule has 1 aromatic carbocycles. The molecule has 0 unspecified atom stereocenters. The van der Waals surface area contributed by atoms with E-state index in [1.165, 1.54) is 5.56 Å². The van der Waals surface area contributed by atoms with Crippen molar-refractivity contribution in [1.82, 2.24) is 9.97 Å². The highest BCUT2D eigenvalue weighted by atomic mass is 35.5. The molecule has 0 aliphatic heterocycles. The van der Waals surface area contributed by atoms with Gasteiger partial charge in [-0.05, 0) is 31.0 Å². The smallest absolute Gasteiger partial charge is 0.158 e. The molecule has 0 radical (unpaired) electrons. The molecule has 4 nitrogen and oxygen atoms in total. The Morgan fingerprint density at radius 1 is 1.21 bits per heavy atom. The number of halogens is 1.